The molecule has 2 rings (SSSR count). The lowest BCUT2D eigenvalue weighted by Gasteiger charge is -2.14. The third-order valence-electron chi connectivity index (χ3n) is 2.78. The smallest absolute Gasteiger partial charge is 0.267 e. The number of hydrogen-bond donors (Lipinski definition) is 4. The highest BCUT2D eigenvalue weighted by Gasteiger charge is 2.44. The van der Waals surface area contributed by atoms with Crippen LogP contribution < -0.4 is 5.56 Å². The second-order valence-electron chi connectivity index (χ2n) is 3.91. The van der Waals surface area contributed by atoms with Gasteiger partial charge in [-0.15, -0.1) is 6.42 Å². The van der Waals surface area contributed by atoms with Crippen molar-refractivity contribution >= 4 is 0 Å². The van der Waals surface area contributed by atoms with Gasteiger partial charge in [0.05, 0.1) is 12.8 Å². The van der Waals surface area contributed by atoms with Crippen LogP contribution >= 0.6 is 0 Å². The number of nitrogens with one attached hydrogen (secondary N) is 1. The van der Waals surface area contributed by atoms with Crippen LogP contribution in [0.2, 0.25) is 0 Å². The van der Waals surface area contributed by atoms with Crippen molar-refractivity contribution in [2.75, 3.05) is 6.61 Å². The van der Waals surface area contributed by atoms with Crippen LogP contribution in [0.25, 0.3) is 0 Å². The van der Waals surface area contributed by atoms with Gasteiger partial charge < -0.3 is 25.0 Å². The second-order valence-corrected chi connectivity index (χ2v) is 3.91. The molecule has 1 aromatic heterocycles. The number of aromatic nitrogens is 2. The van der Waals surface area contributed by atoms with Crippen molar-refractivity contribution in [1.29, 1.82) is 0 Å². The van der Waals surface area contributed by atoms with Crippen LogP contribution in [-0.2, 0) is 4.74 Å². The molecule has 1 aliphatic heterocycles. The molecule has 0 radical (unpaired) electrons. The van der Waals surface area contributed by atoms with E-state index in [9.17, 15) is 15.0 Å². The number of aliphatic hydroxyl groups is 3. The Kier molecular flexibility index (Phi) is 3.45. The lowest BCUT2D eigenvalue weighted by atomic mass is 10.0. The molecular weight excluding hydrogens is 240 g/mol. The Morgan fingerprint density at radius 3 is 2.78 bits per heavy atom. The number of nitrogens with zero attached hydrogens (tertiary/aromatic N) is 1. The van der Waals surface area contributed by atoms with Crippen LogP contribution in [-0.4, -0.2) is 50.2 Å². The molecule has 18 heavy (non-hydrogen) atoms. The largest absolute Gasteiger partial charge is 0.394 e. The minimum atomic E-state index is -1.27. The number of H-pyrrole nitrogens is 1. The van der Waals surface area contributed by atoms with E-state index in [1.165, 1.54) is 0 Å². The normalized spacial score (nSPS) is 31.2. The topological polar surface area (TPSA) is 116 Å². The van der Waals surface area contributed by atoms with E-state index >= 15 is 0 Å². The van der Waals surface area contributed by atoms with Crippen molar-refractivity contribution in [2.24, 2.45) is 0 Å². The molecule has 1 aromatic rings. The summed E-state index contributed by atoms with van der Waals surface area (Å²) in [6, 6.07) is 0. The maximum absolute atomic E-state index is 11.1. The monoisotopic (exact) mass is 252 g/mol. The molecule has 2 heterocycles. The third-order valence-corrected chi connectivity index (χ3v) is 2.78. The van der Waals surface area contributed by atoms with Gasteiger partial charge in [0, 0.05) is 0 Å². The van der Waals surface area contributed by atoms with Crippen molar-refractivity contribution in [3.63, 3.8) is 0 Å². The molecule has 4 N–H and O–H groups in total. The molecule has 96 valence electrons. The summed E-state index contributed by atoms with van der Waals surface area (Å²) in [5, 5.41) is 28.4. The summed E-state index contributed by atoms with van der Waals surface area (Å²) in [6.45, 7) is -0.441. The molecule has 7 nitrogen and oxygen atoms in total. The van der Waals surface area contributed by atoms with Crippen LogP contribution in [0.15, 0.2) is 11.0 Å². The number of terminal acetylenes is 1. The molecule has 0 saturated carbocycles. The van der Waals surface area contributed by atoms with Crippen LogP contribution in [0, 0.1) is 12.3 Å². The van der Waals surface area contributed by atoms with Gasteiger partial charge in [-0.25, -0.2) is 4.98 Å². The Morgan fingerprint density at radius 1 is 1.50 bits per heavy atom. The van der Waals surface area contributed by atoms with Crippen LogP contribution in [0.5, 0.6) is 0 Å². The van der Waals surface area contributed by atoms with E-state index in [4.69, 9.17) is 16.3 Å². The van der Waals surface area contributed by atoms with Crippen molar-refractivity contribution in [1.82, 2.24) is 9.97 Å². The van der Waals surface area contributed by atoms with E-state index in [2.05, 4.69) is 15.9 Å². The van der Waals surface area contributed by atoms with Crippen LogP contribution in [0.1, 0.15) is 17.5 Å². The molecule has 0 aromatic carbocycles. The number of aliphatic hydroxyl groups excluding tert-OH is 3. The molecule has 0 aliphatic carbocycles. The first kappa shape index (κ1) is 12.7. The highest BCUT2D eigenvalue weighted by molar-refractivity contribution is 5.31. The Hall–Kier alpha value is -1.72. The first-order valence-corrected chi connectivity index (χ1v) is 5.26. The first-order valence-electron chi connectivity index (χ1n) is 5.26. The van der Waals surface area contributed by atoms with Gasteiger partial charge in [0.15, 0.2) is 0 Å². The predicted molar refractivity (Wildman–Crippen MR) is 59.5 cm³/mol. The molecule has 4 atom stereocenters. The first-order chi connectivity index (χ1) is 8.58. The summed E-state index contributed by atoms with van der Waals surface area (Å²) < 4.78 is 5.27. The summed E-state index contributed by atoms with van der Waals surface area (Å²) in [5.41, 5.74) is -0.240. The molecule has 4 unspecified atom stereocenters. The van der Waals surface area contributed by atoms with E-state index < -0.39 is 36.6 Å². The molecule has 1 saturated heterocycles. The van der Waals surface area contributed by atoms with Gasteiger partial charge in [-0.05, 0) is 0 Å². The average molecular weight is 252 g/mol. The van der Waals surface area contributed by atoms with Gasteiger partial charge in [-0.2, -0.15) is 0 Å². The summed E-state index contributed by atoms with van der Waals surface area (Å²) in [7, 11) is 0. The molecule has 1 fully saturated rings. The summed E-state index contributed by atoms with van der Waals surface area (Å²) in [5.74, 6) is 2.23. The minimum Gasteiger partial charge on any atom is -0.394 e. The van der Waals surface area contributed by atoms with Gasteiger partial charge in [0.2, 0.25) is 0 Å². The van der Waals surface area contributed by atoms with Gasteiger partial charge in [0.1, 0.15) is 35.8 Å². The maximum atomic E-state index is 11.1. The lowest BCUT2D eigenvalue weighted by Crippen LogP contribution is -2.32. The standard InChI is InChI=1S/C11H12N2O5/c1-2-5-8(12-3-7(15)13-5)11-10(17)9(16)6(4-14)18-11/h1,3,6,9-11,14,16-17H,4H2,(H,13,15). The van der Waals surface area contributed by atoms with Crippen LogP contribution in [0.4, 0.5) is 0 Å². The third kappa shape index (κ3) is 2.02. The quantitative estimate of drug-likeness (QED) is 0.448. The number of ether oxygens (including phenoxy) is 1. The van der Waals surface area contributed by atoms with E-state index in [-0.39, 0.29) is 11.4 Å². The molecule has 1 aliphatic rings. The molecule has 0 bridgehead atoms. The Morgan fingerprint density at radius 2 is 2.22 bits per heavy atom. The zero-order valence-corrected chi connectivity index (χ0v) is 9.28. The fraction of sp³-hybridized carbons (Fsp3) is 0.455. The number of hydrogen-bond acceptors (Lipinski definition) is 6. The Labute approximate surface area is 102 Å². The maximum Gasteiger partial charge on any atom is 0.267 e. The van der Waals surface area contributed by atoms with E-state index in [0.29, 0.717) is 0 Å². The fourth-order valence-corrected chi connectivity index (χ4v) is 1.86. The van der Waals surface area contributed by atoms with Gasteiger partial charge in [-0.1, -0.05) is 5.92 Å². The van der Waals surface area contributed by atoms with Gasteiger partial charge in [0.25, 0.3) is 5.56 Å². The fourth-order valence-electron chi connectivity index (χ4n) is 1.86. The predicted octanol–water partition coefficient (Wildman–Crippen LogP) is -2.09. The summed E-state index contributed by atoms with van der Waals surface area (Å²) in [6.07, 6.45) is 1.82. The van der Waals surface area contributed by atoms with Gasteiger partial charge >= 0.3 is 0 Å². The highest BCUT2D eigenvalue weighted by atomic mass is 16.6. The van der Waals surface area contributed by atoms with Gasteiger partial charge in [-0.3, -0.25) is 4.79 Å². The molecular formula is C11H12N2O5. The van der Waals surface area contributed by atoms with E-state index in [1.54, 1.807) is 0 Å². The highest BCUT2D eigenvalue weighted by Crippen LogP contribution is 2.32. The Bertz CT molecular complexity index is 535. The summed E-state index contributed by atoms with van der Waals surface area (Å²) in [4.78, 5) is 17.3. The van der Waals surface area contributed by atoms with Crippen LogP contribution in [0.3, 0.4) is 0 Å². The molecule has 0 amide bonds. The zero-order chi connectivity index (χ0) is 13.3. The Balaban J connectivity index is 2.39. The van der Waals surface area contributed by atoms with E-state index in [1.807, 2.05) is 0 Å². The summed E-state index contributed by atoms with van der Waals surface area (Å²) >= 11 is 0. The van der Waals surface area contributed by atoms with E-state index in [0.717, 1.165) is 6.20 Å². The SMILES string of the molecule is C#Cc1[nH]c(=O)cnc1C1OC(CO)C(O)C1O. The van der Waals surface area contributed by atoms with Crippen molar-refractivity contribution < 1.29 is 20.1 Å². The zero-order valence-electron chi connectivity index (χ0n) is 9.28. The minimum absolute atomic E-state index is 0.0809. The average Bonchev–Trinajstić information content (AvgIpc) is 2.66. The van der Waals surface area contributed by atoms with Crippen molar-refractivity contribution in [3.05, 3.63) is 27.9 Å². The number of rotatable bonds is 2. The molecule has 7 heteroatoms. The second kappa shape index (κ2) is 4.88. The lowest BCUT2D eigenvalue weighted by molar-refractivity contribution is -0.0241. The molecule has 0 spiro atoms. The van der Waals surface area contributed by atoms with Crippen molar-refractivity contribution in [2.45, 2.75) is 24.4 Å². The van der Waals surface area contributed by atoms with Crippen molar-refractivity contribution in [3.8, 4) is 12.3 Å². The number of aromatic amines is 1.